The molecule has 21 heavy (non-hydrogen) atoms. The third-order valence-corrected chi connectivity index (χ3v) is 2.43. The first-order chi connectivity index (χ1) is 9.92. The zero-order chi connectivity index (χ0) is 15.6. The fourth-order valence-electron chi connectivity index (χ4n) is 1.50. The fourth-order valence-corrected chi connectivity index (χ4v) is 1.50. The average Bonchev–Trinajstić information content (AvgIpc) is 2.84. The number of methoxy groups -OCH3 is 1. The van der Waals surface area contributed by atoms with Gasteiger partial charge in [0.15, 0.2) is 0 Å². The molecule has 0 saturated heterocycles. The highest BCUT2D eigenvalue weighted by molar-refractivity contribution is 5.90. The number of esters is 1. The molecule has 0 fully saturated rings. The average molecular weight is 296 g/mol. The van der Waals surface area contributed by atoms with E-state index in [1.165, 1.54) is 11.0 Å². The minimum Gasteiger partial charge on any atom is -0.465 e. The zero-order valence-corrected chi connectivity index (χ0v) is 10.9. The molecule has 0 radical (unpaired) electrons. The Labute approximate surface area is 117 Å². The predicted octanol–water partition coefficient (Wildman–Crippen LogP) is 1.44. The van der Waals surface area contributed by atoms with Crippen LogP contribution in [0.25, 0.3) is 0 Å². The highest BCUT2D eigenvalue weighted by atomic mass is 19.1. The van der Waals surface area contributed by atoms with Gasteiger partial charge in [0.25, 0.3) is 0 Å². The molecule has 110 valence electrons. The third kappa shape index (κ3) is 2.94. The molecular weight excluding hydrogens is 287 g/mol. The maximum Gasteiger partial charge on any atom is 0.341 e. The normalized spacial score (nSPS) is 10.2. The number of nitro groups is 1. The summed E-state index contributed by atoms with van der Waals surface area (Å²) in [5, 5.41) is 14.7. The summed E-state index contributed by atoms with van der Waals surface area (Å²) in [6.45, 7) is 0. The van der Waals surface area contributed by atoms with Crippen molar-refractivity contribution in [3.05, 3.63) is 40.0 Å². The van der Waals surface area contributed by atoms with E-state index >= 15 is 0 Å². The topological polar surface area (TPSA) is 109 Å². The molecule has 1 aromatic heterocycles. The quantitative estimate of drug-likeness (QED) is 0.477. The van der Waals surface area contributed by atoms with Crippen molar-refractivity contribution in [2.24, 2.45) is 7.05 Å². The minimum absolute atomic E-state index is 0.178. The summed E-state index contributed by atoms with van der Waals surface area (Å²) in [4.78, 5) is 25.2. The van der Waals surface area contributed by atoms with Gasteiger partial charge in [-0.1, -0.05) is 0 Å². The van der Waals surface area contributed by atoms with Crippen LogP contribution >= 0.6 is 0 Å². The summed E-state index contributed by atoms with van der Waals surface area (Å²) >= 11 is 0. The van der Waals surface area contributed by atoms with Crippen LogP contribution in [0.2, 0.25) is 0 Å². The van der Waals surface area contributed by atoms with E-state index in [0.29, 0.717) is 6.07 Å². The first kappa shape index (κ1) is 14.4. The Morgan fingerprint density at radius 3 is 2.71 bits per heavy atom. The van der Waals surface area contributed by atoms with Gasteiger partial charge in [-0.25, -0.2) is 9.18 Å². The molecule has 0 saturated carbocycles. The molecule has 0 unspecified atom stereocenters. The van der Waals surface area contributed by atoms with Crippen molar-refractivity contribution in [2.75, 3.05) is 7.11 Å². The molecule has 1 aromatic carbocycles. The number of nitro benzene ring substituents is 1. The Kier molecular flexibility index (Phi) is 3.78. The van der Waals surface area contributed by atoms with Crippen LogP contribution in [-0.2, 0) is 11.8 Å². The van der Waals surface area contributed by atoms with Gasteiger partial charge in [0, 0.05) is 13.1 Å². The number of rotatable bonds is 4. The second kappa shape index (κ2) is 5.53. The number of benzene rings is 1. The van der Waals surface area contributed by atoms with Crippen LogP contribution in [0.15, 0.2) is 18.5 Å². The maximum atomic E-state index is 13.7. The Morgan fingerprint density at radius 1 is 1.48 bits per heavy atom. The van der Waals surface area contributed by atoms with E-state index in [0.717, 1.165) is 13.2 Å². The standard InChI is InChI=1S/C11H9FN4O5/c1-15-5-13-11(14-15)21-9-3-6(10(17)20-2)7(12)4-8(9)16(18)19/h3-5H,1-2H3. The van der Waals surface area contributed by atoms with Crippen molar-refractivity contribution in [2.45, 2.75) is 0 Å². The first-order valence-electron chi connectivity index (χ1n) is 5.52. The largest absolute Gasteiger partial charge is 0.465 e. The van der Waals surface area contributed by atoms with Gasteiger partial charge in [0.1, 0.15) is 12.1 Å². The van der Waals surface area contributed by atoms with Crippen molar-refractivity contribution in [3.8, 4) is 11.8 Å². The number of hydrogen-bond donors (Lipinski definition) is 0. The number of nitrogens with zero attached hydrogens (tertiary/aromatic N) is 4. The van der Waals surface area contributed by atoms with Gasteiger partial charge in [0.05, 0.1) is 23.7 Å². The van der Waals surface area contributed by atoms with Crippen LogP contribution in [0.3, 0.4) is 0 Å². The van der Waals surface area contributed by atoms with Gasteiger partial charge in [-0.15, -0.1) is 5.10 Å². The van der Waals surface area contributed by atoms with Crippen LogP contribution in [0, 0.1) is 15.9 Å². The summed E-state index contributed by atoms with van der Waals surface area (Å²) in [6.07, 6.45) is 1.31. The van der Waals surface area contributed by atoms with Gasteiger partial charge in [-0.05, 0) is 0 Å². The molecule has 0 amide bonds. The van der Waals surface area contributed by atoms with Gasteiger partial charge >= 0.3 is 17.7 Å². The molecule has 0 bridgehead atoms. The van der Waals surface area contributed by atoms with Gasteiger partial charge in [-0.2, -0.15) is 4.98 Å². The summed E-state index contributed by atoms with van der Waals surface area (Å²) in [7, 11) is 2.63. The molecular formula is C11H9FN4O5. The van der Waals surface area contributed by atoms with Crippen LogP contribution < -0.4 is 4.74 Å². The summed E-state index contributed by atoms with van der Waals surface area (Å²) in [5.41, 5.74) is -1.15. The monoisotopic (exact) mass is 296 g/mol. The second-order valence-corrected chi connectivity index (χ2v) is 3.85. The molecule has 1 heterocycles. The van der Waals surface area contributed by atoms with Crippen molar-refractivity contribution >= 4 is 11.7 Å². The fraction of sp³-hybridized carbons (Fsp3) is 0.182. The van der Waals surface area contributed by atoms with Crippen molar-refractivity contribution in [3.63, 3.8) is 0 Å². The maximum absolute atomic E-state index is 13.7. The van der Waals surface area contributed by atoms with Crippen LogP contribution in [0.4, 0.5) is 10.1 Å². The van der Waals surface area contributed by atoms with E-state index in [1.807, 2.05) is 0 Å². The van der Waals surface area contributed by atoms with E-state index in [2.05, 4.69) is 14.8 Å². The third-order valence-electron chi connectivity index (χ3n) is 2.43. The second-order valence-electron chi connectivity index (χ2n) is 3.85. The number of aryl methyl sites for hydroxylation is 1. The SMILES string of the molecule is COC(=O)c1cc(Oc2ncn(C)n2)c([N+](=O)[O-])cc1F. The smallest absolute Gasteiger partial charge is 0.341 e. The van der Waals surface area contributed by atoms with Gasteiger partial charge in [0.2, 0.25) is 5.75 Å². The summed E-state index contributed by atoms with van der Waals surface area (Å²) in [6, 6.07) is 1.27. The number of carbonyl (C=O) groups excluding carboxylic acids is 1. The van der Waals surface area contributed by atoms with E-state index in [4.69, 9.17) is 4.74 Å². The van der Waals surface area contributed by atoms with Crippen molar-refractivity contribution < 1.29 is 23.6 Å². The van der Waals surface area contributed by atoms with Crippen molar-refractivity contribution in [1.29, 1.82) is 0 Å². The highest BCUT2D eigenvalue weighted by Gasteiger charge is 2.24. The molecule has 0 aliphatic heterocycles. The van der Waals surface area contributed by atoms with E-state index in [1.54, 1.807) is 7.05 Å². The molecule has 2 rings (SSSR count). The molecule has 0 spiro atoms. The van der Waals surface area contributed by atoms with Crippen LogP contribution in [-0.4, -0.2) is 32.8 Å². The number of carbonyl (C=O) groups is 1. The predicted molar refractivity (Wildman–Crippen MR) is 65.5 cm³/mol. The number of halogens is 1. The lowest BCUT2D eigenvalue weighted by atomic mass is 10.1. The Hall–Kier alpha value is -3.04. The molecule has 10 heteroatoms. The molecule has 0 aliphatic carbocycles. The van der Waals surface area contributed by atoms with Gasteiger partial charge < -0.3 is 9.47 Å². The molecule has 9 nitrogen and oxygen atoms in total. The van der Waals surface area contributed by atoms with Gasteiger partial charge in [-0.3, -0.25) is 14.8 Å². The lowest BCUT2D eigenvalue weighted by Crippen LogP contribution is -2.06. The van der Waals surface area contributed by atoms with E-state index in [9.17, 15) is 19.3 Å². The Bertz CT molecular complexity index is 715. The van der Waals surface area contributed by atoms with Crippen LogP contribution in [0.1, 0.15) is 10.4 Å². The van der Waals surface area contributed by atoms with E-state index in [-0.39, 0.29) is 11.8 Å². The summed E-state index contributed by atoms with van der Waals surface area (Å²) < 4.78 is 24.5. The molecule has 0 atom stereocenters. The van der Waals surface area contributed by atoms with Crippen LogP contribution in [0.5, 0.6) is 11.8 Å². The minimum atomic E-state index is -1.09. The van der Waals surface area contributed by atoms with Crippen molar-refractivity contribution in [1.82, 2.24) is 14.8 Å². The molecule has 2 aromatic rings. The Morgan fingerprint density at radius 2 is 2.19 bits per heavy atom. The lowest BCUT2D eigenvalue weighted by Gasteiger charge is -2.06. The lowest BCUT2D eigenvalue weighted by molar-refractivity contribution is -0.385. The first-order valence-corrected chi connectivity index (χ1v) is 5.52. The molecule has 0 aliphatic rings. The van der Waals surface area contributed by atoms with E-state index < -0.39 is 28.0 Å². The zero-order valence-electron chi connectivity index (χ0n) is 10.9. The summed E-state index contributed by atoms with van der Waals surface area (Å²) in [5.74, 6) is -2.44. The number of hydrogen-bond acceptors (Lipinski definition) is 7. The highest BCUT2D eigenvalue weighted by Crippen LogP contribution is 2.32. The number of ether oxygens (including phenoxy) is 2. The molecule has 0 N–H and O–H groups in total. The number of aromatic nitrogens is 3. The Balaban J connectivity index is 2.50.